The Balaban J connectivity index is 1.74. The first-order chi connectivity index (χ1) is 12.6. The summed E-state index contributed by atoms with van der Waals surface area (Å²) >= 11 is 0. The van der Waals surface area contributed by atoms with Gasteiger partial charge in [0.05, 0.1) is 13.0 Å². The number of carbonyl (C=O) groups excluding carboxylic acids is 1. The number of piperidine rings is 1. The third kappa shape index (κ3) is 4.25. The van der Waals surface area contributed by atoms with Crippen LogP contribution in [-0.2, 0) is 11.3 Å². The van der Waals surface area contributed by atoms with Crippen molar-refractivity contribution in [1.29, 1.82) is 0 Å². The molecule has 1 fully saturated rings. The molecule has 138 valence electrons. The first-order valence-electron chi connectivity index (χ1n) is 9.24. The molecule has 1 heterocycles. The molecule has 0 aliphatic carbocycles. The zero-order valence-electron chi connectivity index (χ0n) is 15.9. The van der Waals surface area contributed by atoms with E-state index in [0.29, 0.717) is 0 Å². The second kappa shape index (κ2) is 8.37. The normalized spacial score (nSPS) is 17.7. The fourth-order valence-corrected chi connectivity index (χ4v) is 3.74. The van der Waals surface area contributed by atoms with E-state index in [9.17, 15) is 4.79 Å². The van der Waals surface area contributed by atoms with Crippen LogP contribution in [-0.4, -0.2) is 50.0 Å². The highest BCUT2D eigenvalue weighted by Gasteiger charge is 2.26. The largest absolute Gasteiger partial charge is 0.496 e. The van der Waals surface area contributed by atoms with Gasteiger partial charge in [-0.2, -0.15) is 0 Å². The summed E-state index contributed by atoms with van der Waals surface area (Å²) in [6.07, 6.45) is 2.07. The lowest BCUT2D eigenvalue weighted by Gasteiger charge is -2.33. The average molecular weight is 352 g/mol. The Morgan fingerprint density at radius 2 is 2.00 bits per heavy atom. The molecular formula is C22H28N2O2. The summed E-state index contributed by atoms with van der Waals surface area (Å²) in [5.74, 6) is 1.26. The van der Waals surface area contributed by atoms with Gasteiger partial charge in [-0.05, 0) is 42.6 Å². The fourth-order valence-electron chi connectivity index (χ4n) is 3.74. The monoisotopic (exact) mass is 352 g/mol. The van der Waals surface area contributed by atoms with Crippen molar-refractivity contribution in [3.05, 3.63) is 54.1 Å². The maximum atomic E-state index is 12.3. The van der Waals surface area contributed by atoms with Gasteiger partial charge in [0.25, 0.3) is 0 Å². The van der Waals surface area contributed by atoms with Crippen LogP contribution in [0.15, 0.2) is 48.5 Å². The van der Waals surface area contributed by atoms with Gasteiger partial charge in [-0.15, -0.1) is 0 Å². The van der Waals surface area contributed by atoms with Gasteiger partial charge in [0.2, 0.25) is 5.91 Å². The Morgan fingerprint density at radius 3 is 2.77 bits per heavy atom. The smallest absolute Gasteiger partial charge is 0.226 e. The predicted octanol–water partition coefficient (Wildman–Crippen LogP) is 3.66. The van der Waals surface area contributed by atoms with Crippen molar-refractivity contribution in [2.75, 3.05) is 34.3 Å². The lowest BCUT2D eigenvalue weighted by molar-refractivity contribution is -0.134. The van der Waals surface area contributed by atoms with Gasteiger partial charge in [-0.1, -0.05) is 36.4 Å². The molecule has 0 spiro atoms. The summed E-state index contributed by atoms with van der Waals surface area (Å²) in [4.78, 5) is 16.4. The number of amides is 1. The van der Waals surface area contributed by atoms with Crippen molar-refractivity contribution in [3.63, 3.8) is 0 Å². The molecule has 2 aromatic rings. The topological polar surface area (TPSA) is 32.8 Å². The van der Waals surface area contributed by atoms with Crippen LogP contribution in [0.1, 0.15) is 18.4 Å². The lowest BCUT2D eigenvalue weighted by Crippen LogP contribution is -2.42. The van der Waals surface area contributed by atoms with Crippen molar-refractivity contribution in [2.24, 2.45) is 5.92 Å². The SMILES string of the molecule is COc1ccccc1-c1cccc(CN2CCCC(C(=O)N(C)C)C2)c1. The van der Waals surface area contributed by atoms with E-state index in [4.69, 9.17) is 4.74 Å². The van der Waals surface area contributed by atoms with Gasteiger partial charge < -0.3 is 9.64 Å². The van der Waals surface area contributed by atoms with Crippen molar-refractivity contribution >= 4 is 5.91 Å². The number of para-hydroxylation sites is 1. The molecule has 0 bridgehead atoms. The van der Waals surface area contributed by atoms with Gasteiger partial charge in [0, 0.05) is 32.7 Å². The maximum absolute atomic E-state index is 12.3. The van der Waals surface area contributed by atoms with Crippen molar-refractivity contribution in [1.82, 2.24) is 9.80 Å². The first kappa shape index (κ1) is 18.5. The average Bonchev–Trinajstić information content (AvgIpc) is 2.67. The molecule has 0 radical (unpaired) electrons. The highest BCUT2D eigenvalue weighted by molar-refractivity contribution is 5.78. The number of likely N-dealkylation sites (tertiary alicyclic amines) is 1. The van der Waals surface area contributed by atoms with E-state index >= 15 is 0 Å². The van der Waals surface area contributed by atoms with Gasteiger partial charge in [0.15, 0.2) is 0 Å². The van der Waals surface area contributed by atoms with E-state index in [0.717, 1.165) is 49.4 Å². The molecule has 4 nitrogen and oxygen atoms in total. The quantitative estimate of drug-likeness (QED) is 0.823. The van der Waals surface area contributed by atoms with E-state index in [1.165, 1.54) is 5.56 Å². The predicted molar refractivity (Wildman–Crippen MR) is 105 cm³/mol. The molecule has 1 atom stereocenters. The molecule has 0 aromatic heterocycles. The number of rotatable bonds is 5. The van der Waals surface area contributed by atoms with Gasteiger partial charge in [-0.25, -0.2) is 0 Å². The van der Waals surface area contributed by atoms with Crippen LogP contribution in [0.2, 0.25) is 0 Å². The summed E-state index contributed by atoms with van der Waals surface area (Å²) < 4.78 is 5.50. The molecule has 2 aromatic carbocycles. The second-order valence-corrected chi connectivity index (χ2v) is 7.21. The number of hydrogen-bond acceptors (Lipinski definition) is 3. The molecule has 26 heavy (non-hydrogen) atoms. The van der Waals surface area contributed by atoms with Gasteiger partial charge in [0.1, 0.15) is 5.75 Å². The molecule has 1 aliphatic rings. The molecule has 1 aliphatic heterocycles. The molecule has 3 rings (SSSR count). The summed E-state index contributed by atoms with van der Waals surface area (Å²) in [5, 5.41) is 0. The molecule has 0 saturated carbocycles. The third-order valence-corrected chi connectivity index (χ3v) is 5.05. The van der Waals surface area contributed by atoms with Crippen LogP contribution in [0.3, 0.4) is 0 Å². The van der Waals surface area contributed by atoms with Crippen LogP contribution >= 0.6 is 0 Å². The minimum absolute atomic E-state index is 0.121. The molecule has 0 N–H and O–H groups in total. The minimum atomic E-state index is 0.121. The Bertz CT molecular complexity index is 757. The van der Waals surface area contributed by atoms with Gasteiger partial charge in [-0.3, -0.25) is 9.69 Å². The standard InChI is InChI=1S/C22H28N2O2/c1-23(2)22(25)19-10-7-13-24(16-19)15-17-8-6-9-18(14-17)20-11-4-5-12-21(20)26-3/h4-6,8-9,11-12,14,19H,7,10,13,15-16H2,1-3H3. The Kier molecular flexibility index (Phi) is 5.94. The third-order valence-electron chi connectivity index (χ3n) is 5.05. The van der Waals surface area contributed by atoms with Crippen LogP contribution in [0.4, 0.5) is 0 Å². The number of methoxy groups -OCH3 is 1. The number of hydrogen-bond donors (Lipinski definition) is 0. The fraction of sp³-hybridized carbons (Fsp3) is 0.409. The molecule has 4 heteroatoms. The van der Waals surface area contributed by atoms with Crippen LogP contribution < -0.4 is 4.74 Å². The molecule has 1 amide bonds. The van der Waals surface area contributed by atoms with Crippen molar-refractivity contribution < 1.29 is 9.53 Å². The van der Waals surface area contributed by atoms with Gasteiger partial charge >= 0.3 is 0 Å². The lowest BCUT2D eigenvalue weighted by atomic mass is 9.96. The Labute approximate surface area is 156 Å². The first-order valence-corrected chi connectivity index (χ1v) is 9.24. The zero-order chi connectivity index (χ0) is 18.5. The van der Waals surface area contributed by atoms with E-state index in [-0.39, 0.29) is 11.8 Å². The number of nitrogens with zero attached hydrogens (tertiary/aromatic N) is 2. The number of ether oxygens (including phenoxy) is 1. The zero-order valence-corrected chi connectivity index (χ0v) is 15.9. The Morgan fingerprint density at radius 1 is 1.19 bits per heavy atom. The minimum Gasteiger partial charge on any atom is -0.496 e. The number of carbonyl (C=O) groups is 1. The van der Waals surface area contributed by atoms with Crippen LogP contribution in [0.5, 0.6) is 5.75 Å². The molecule has 1 saturated heterocycles. The van der Waals surface area contributed by atoms with Crippen molar-refractivity contribution in [3.8, 4) is 16.9 Å². The summed E-state index contributed by atoms with van der Waals surface area (Å²) in [7, 11) is 5.40. The van der Waals surface area contributed by atoms with Crippen molar-refractivity contribution in [2.45, 2.75) is 19.4 Å². The van der Waals surface area contributed by atoms with Crippen LogP contribution in [0.25, 0.3) is 11.1 Å². The highest BCUT2D eigenvalue weighted by Crippen LogP contribution is 2.30. The van der Waals surface area contributed by atoms with E-state index < -0.39 is 0 Å². The van der Waals surface area contributed by atoms with Crippen LogP contribution in [0, 0.1) is 5.92 Å². The van der Waals surface area contributed by atoms with E-state index in [1.54, 1.807) is 12.0 Å². The van der Waals surface area contributed by atoms with E-state index in [1.807, 2.05) is 32.3 Å². The Hall–Kier alpha value is -2.33. The summed E-state index contributed by atoms with van der Waals surface area (Å²) in [6.45, 7) is 2.77. The summed E-state index contributed by atoms with van der Waals surface area (Å²) in [6, 6.07) is 16.7. The second-order valence-electron chi connectivity index (χ2n) is 7.21. The highest BCUT2D eigenvalue weighted by atomic mass is 16.5. The van der Waals surface area contributed by atoms with E-state index in [2.05, 4.69) is 35.2 Å². The molecule has 1 unspecified atom stereocenters. The number of benzene rings is 2. The molecular weight excluding hydrogens is 324 g/mol. The maximum Gasteiger partial charge on any atom is 0.226 e. The summed E-state index contributed by atoms with van der Waals surface area (Å²) in [5.41, 5.74) is 3.54.